The van der Waals surface area contributed by atoms with Gasteiger partial charge in [-0.1, -0.05) is 32.0 Å². The summed E-state index contributed by atoms with van der Waals surface area (Å²) in [7, 11) is 0. The molecule has 0 spiro atoms. The molecule has 1 saturated heterocycles. The summed E-state index contributed by atoms with van der Waals surface area (Å²) in [4.78, 5) is 7.19. The second-order valence-corrected chi connectivity index (χ2v) is 6.78. The van der Waals surface area contributed by atoms with E-state index in [2.05, 4.69) is 41.0 Å². The lowest BCUT2D eigenvalue weighted by molar-refractivity contribution is 0.194. The van der Waals surface area contributed by atoms with Crippen LogP contribution in [0.1, 0.15) is 50.6 Å². The van der Waals surface area contributed by atoms with Gasteiger partial charge in [-0.15, -0.1) is 0 Å². The van der Waals surface area contributed by atoms with Crippen LogP contribution in [0.2, 0.25) is 0 Å². The van der Waals surface area contributed by atoms with Crippen LogP contribution < -0.4 is 0 Å². The number of rotatable bonds is 5. The molecule has 25 heavy (non-hydrogen) atoms. The SMILES string of the molecule is CCCN1CCC(c2nc(-n3nc(CC)c4ccccc43)no2)CC1. The van der Waals surface area contributed by atoms with Crippen LogP contribution in [0.5, 0.6) is 0 Å². The van der Waals surface area contributed by atoms with Crippen molar-refractivity contribution in [2.75, 3.05) is 19.6 Å². The minimum Gasteiger partial charge on any atom is -0.337 e. The molecule has 0 unspecified atom stereocenters. The fraction of sp³-hybridized carbons (Fsp3) is 0.526. The van der Waals surface area contributed by atoms with Gasteiger partial charge in [0.1, 0.15) is 0 Å². The van der Waals surface area contributed by atoms with Crippen molar-refractivity contribution in [3.8, 4) is 5.95 Å². The molecule has 0 N–H and O–H groups in total. The molecule has 6 nitrogen and oxygen atoms in total. The number of hydrogen-bond donors (Lipinski definition) is 0. The predicted octanol–water partition coefficient (Wildman–Crippen LogP) is 3.56. The van der Waals surface area contributed by atoms with Crippen molar-refractivity contribution in [3.05, 3.63) is 35.9 Å². The van der Waals surface area contributed by atoms with Crippen molar-refractivity contribution in [2.24, 2.45) is 0 Å². The Morgan fingerprint density at radius 1 is 1.16 bits per heavy atom. The average molecular weight is 339 g/mol. The Balaban J connectivity index is 1.58. The summed E-state index contributed by atoms with van der Waals surface area (Å²) in [5.41, 5.74) is 2.10. The number of nitrogens with zero attached hydrogens (tertiary/aromatic N) is 5. The van der Waals surface area contributed by atoms with Crippen molar-refractivity contribution < 1.29 is 4.52 Å². The van der Waals surface area contributed by atoms with Crippen molar-refractivity contribution in [1.82, 2.24) is 24.8 Å². The van der Waals surface area contributed by atoms with Crippen LogP contribution in [0.15, 0.2) is 28.8 Å². The second-order valence-electron chi connectivity index (χ2n) is 6.78. The Bertz CT molecular complexity index is 844. The van der Waals surface area contributed by atoms with Gasteiger partial charge in [0.25, 0.3) is 5.95 Å². The lowest BCUT2D eigenvalue weighted by Gasteiger charge is -2.29. The molecule has 3 aromatic rings. The third-order valence-electron chi connectivity index (χ3n) is 5.10. The van der Waals surface area contributed by atoms with Crippen LogP contribution in [0.25, 0.3) is 16.9 Å². The van der Waals surface area contributed by atoms with Crippen LogP contribution >= 0.6 is 0 Å². The molecule has 0 atom stereocenters. The number of aromatic nitrogens is 4. The lowest BCUT2D eigenvalue weighted by atomic mass is 9.97. The Labute approximate surface area is 147 Å². The van der Waals surface area contributed by atoms with Crippen LogP contribution in [0.4, 0.5) is 0 Å². The number of hydrogen-bond acceptors (Lipinski definition) is 5. The van der Waals surface area contributed by atoms with Crippen molar-refractivity contribution in [3.63, 3.8) is 0 Å². The quantitative estimate of drug-likeness (QED) is 0.711. The van der Waals surface area contributed by atoms with E-state index in [9.17, 15) is 0 Å². The Morgan fingerprint density at radius 3 is 2.72 bits per heavy atom. The third kappa shape index (κ3) is 3.06. The number of piperidine rings is 1. The van der Waals surface area contributed by atoms with Crippen molar-refractivity contribution in [2.45, 2.75) is 45.4 Å². The van der Waals surface area contributed by atoms with Crippen LogP contribution in [-0.4, -0.2) is 44.5 Å². The van der Waals surface area contributed by atoms with E-state index >= 15 is 0 Å². The van der Waals surface area contributed by atoms with Crippen LogP contribution in [0, 0.1) is 0 Å². The van der Waals surface area contributed by atoms with E-state index in [1.54, 1.807) is 0 Å². The molecule has 1 aliphatic heterocycles. The molecule has 1 fully saturated rings. The zero-order valence-electron chi connectivity index (χ0n) is 15.0. The van der Waals surface area contributed by atoms with Crippen LogP contribution in [-0.2, 0) is 6.42 Å². The standard InChI is InChI=1S/C19H25N5O/c1-3-11-23-12-9-14(10-13-23)18-20-19(22-25-18)24-17-8-6-5-7-15(17)16(4-2)21-24/h5-8,14H,3-4,9-13H2,1-2H3. The average Bonchev–Trinajstić information content (AvgIpc) is 3.27. The van der Waals surface area contributed by atoms with Gasteiger partial charge in [-0.25, -0.2) is 0 Å². The van der Waals surface area contributed by atoms with Gasteiger partial charge in [0.05, 0.1) is 11.2 Å². The number of likely N-dealkylation sites (tertiary alicyclic amines) is 1. The molecule has 0 aliphatic carbocycles. The van der Waals surface area contributed by atoms with Crippen molar-refractivity contribution >= 4 is 10.9 Å². The number of benzene rings is 1. The maximum atomic E-state index is 5.61. The first-order valence-corrected chi connectivity index (χ1v) is 9.33. The highest BCUT2D eigenvalue weighted by Gasteiger charge is 2.25. The molecule has 0 radical (unpaired) electrons. The lowest BCUT2D eigenvalue weighted by Crippen LogP contribution is -2.33. The Hall–Kier alpha value is -2.21. The Morgan fingerprint density at radius 2 is 1.96 bits per heavy atom. The molecule has 1 aliphatic rings. The van der Waals surface area contributed by atoms with Gasteiger partial charge in [0.15, 0.2) is 0 Å². The first kappa shape index (κ1) is 16.3. The van der Waals surface area contributed by atoms with E-state index in [4.69, 9.17) is 9.62 Å². The van der Waals surface area contributed by atoms with Gasteiger partial charge in [-0.05, 0) is 56.5 Å². The predicted molar refractivity (Wildman–Crippen MR) is 97.0 cm³/mol. The number of aryl methyl sites for hydroxylation is 1. The highest BCUT2D eigenvalue weighted by atomic mass is 16.5. The molecule has 4 rings (SSSR count). The third-order valence-corrected chi connectivity index (χ3v) is 5.10. The van der Waals surface area contributed by atoms with Crippen LogP contribution in [0.3, 0.4) is 0 Å². The van der Waals surface area contributed by atoms with Gasteiger partial charge in [0.2, 0.25) is 5.89 Å². The summed E-state index contributed by atoms with van der Waals surface area (Å²) >= 11 is 0. The van der Waals surface area contributed by atoms with E-state index in [1.807, 2.05) is 16.8 Å². The first-order valence-electron chi connectivity index (χ1n) is 9.33. The van der Waals surface area contributed by atoms with E-state index in [0.29, 0.717) is 11.9 Å². The molecule has 0 saturated carbocycles. The largest absolute Gasteiger partial charge is 0.337 e. The summed E-state index contributed by atoms with van der Waals surface area (Å²) in [5.74, 6) is 1.66. The molecule has 3 heterocycles. The maximum absolute atomic E-state index is 5.61. The fourth-order valence-electron chi connectivity index (χ4n) is 3.74. The molecule has 0 bridgehead atoms. The van der Waals surface area contributed by atoms with E-state index in [0.717, 1.165) is 54.8 Å². The smallest absolute Gasteiger partial charge is 0.291 e. The Kier molecular flexibility index (Phi) is 4.53. The van der Waals surface area contributed by atoms with E-state index in [1.165, 1.54) is 13.0 Å². The fourth-order valence-corrected chi connectivity index (χ4v) is 3.74. The molecule has 132 valence electrons. The summed E-state index contributed by atoms with van der Waals surface area (Å²) in [5, 5.41) is 10.1. The summed E-state index contributed by atoms with van der Waals surface area (Å²) in [6, 6.07) is 8.21. The maximum Gasteiger partial charge on any atom is 0.291 e. The highest BCUT2D eigenvalue weighted by molar-refractivity contribution is 5.83. The monoisotopic (exact) mass is 339 g/mol. The van der Waals surface area contributed by atoms with Gasteiger partial charge >= 0.3 is 0 Å². The molecular formula is C19H25N5O. The molecule has 2 aromatic heterocycles. The van der Waals surface area contributed by atoms with E-state index < -0.39 is 0 Å². The minimum absolute atomic E-state index is 0.363. The summed E-state index contributed by atoms with van der Waals surface area (Å²) in [6.45, 7) is 7.75. The first-order chi connectivity index (χ1) is 12.3. The normalized spacial score (nSPS) is 16.7. The van der Waals surface area contributed by atoms with Gasteiger partial charge < -0.3 is 9.42 Å². The molecular weight excluding hydrogens is 314 g/mol. The zero-order valence-corrected chi connectivity index (χ0v) is 15.0. The molecule has 6 heteroatoms. The molecule has 1 aromatic carbocycles. The van der Waals surface area contributed by atoms with Gasteiger partial charge in [0, 0.05) is 11.3 Å². The highest BCUT2D eigenvalue weighted by Crippen LogP contribution is 2.28. The van der Waals surface area contributed by atoms with E-state index in [-0.39, 0.29) is 0 Å². The second kappa shape index (κ2) is 6.96. The van der Waals surface area contributed by atoms with Gasteiger partial charge in [-0.3, -0.25) is 0 Å². The number of fused-ring (bicyclic) bond motifs is 1. The van der Waals surface area contributed by atoms with Crippen molar-refractivity contribution in [1.29, 1.82) is 0 Å². The summed E-state index contributed by atoms with van der Waals surface area (Å²) in [6.07, 6.45) is 4.26. The van der Waals surface area contributed by atoms with Gasteiger partial charge in [-0.2, -0.15) is 14.8 Å². The topological polar surface area (TPSA) is 60.0 Å². The zero-order chi connectivity index (χ0) is 17.2. The number of para-hydroxylation sites is 1. The minimum atomic E-state index is 0.363. The summed E-state index contributed by atoms with van der Waals surface area (Å²) < 4.78 is 7.42. The molecule has 0 amide bonds.